The molecule has 2 rings (SSSR count). The van der Waals surface area contributed by atoms with Crippen molar-refractivity contribution < 1.29 is 27.5 Å². The topological polar surface area (TPSA) is 55.4 Å². The van der Waals surface area contributed by atoms with Crippen molar-refractivity contribution in [3.8, 4) is 0 Å². The van der Waals surface area contributed by atoms with Crippen molar-refractivity contribution >= 4 is 40.9 Å². The van der Waals surface area contributed by atoms with Crippen molar-refractivity contribution in [2.45, 2.75) is 10.7 Å². The van der Waals surface area contributed by atoms with Gasteiger partial charge in [-0.1, -0.05) is 29.4 Å². The summed E-state index contributed by atoms with van der Waals surface area (Å²) in [5.74, 6) is -5.13. The lowest BCUT2D eigenvalue weighted by Crippen LogP contribution is -2.21. The summed E-state index contributed by atoms with van der Waals surface area (Å²) in [5, 5.41) is 2.29. The van der Waals surface area contributed by atoms with Crippen LogP contribution >= 0.6 is 23.4 Å². The van der Waals surface area contributed by atoms with Gasteiger partial charge in [-0.05, 0) is 36.4 Å². The predicted molar refractivity (Wildman–Crippen MR) is 88.6 cm³/mol. The average molecular weight is 390 g/mol. The number of carbonyl (C=O) groups is 2. The maximum Gasteiger partial charge on any atom is 0.343 e. The number of hydrogen-bond donors (Lipinski definition) is 1. The second-order valence-electron chi connectivity index (χ2n) is 4.62. The van der Waals surface area contributed by atoms with Crippen LogP contribution in [0.4, 0.5) is 18.9 Å². The number of nitrogens with one attached hydrogen (secondary N) is 1. The first-order valence-corrected chi connectivity index (χ1v) is 8.08. The molecule has 0 heterocycles. The van der Waals surface area contributed by atoms with Gasteiger partial charge in [-0.2, -0.15) is 8.78 Å². The Balaban J connectivity index is 1.89. The number of ether oxygens (including phenoxy) is 1. The molecule has 0 saturated heterocycles. The Morgan fingerprint density at radius 2 is 1.84 bits per heavy atom. The lowest BCUT2D eigenvalue weighted by molar-refractivity contribution is -0.119. The zero-order chi connectivity index (χ0) is 18.4. The van der Waals surface area contributed by atoms with Gasteiger partial charge in [0.05, 0.1) is 5.02 Å². The third-order valence-electron chi connectivity index (χ3n) is 2.86. The first kappa shape index (κ1) is 19.1. The quantitative estimate of drug-likeness (QED) is 0.580. The number of amides is 1. The fraction of sp³-hybridized carbons (Fsp3) is 0.125. The molecule has 2 aromatic rings. The lowest BCUT2D eigenvalue weighted by Gasteiger charge is -2.08. The molecule has 25 heavy (non-hydrogen) atoms. The molecule has 0 atom stereocenters. The number of benzene rings is 2. The van der Waals surface area contributed by atoms with Gasteiger partial charge in [0.2, 0.25) is 0 Å². The minimum atomic E-state index is -2.54. The molecule has 0 bridgehead atoms. The summed E-state index contributed by atoms with van der Waals surface area (Å²) in [6, 6.07) is 9.38. The molecule has 0 aliphatic carbocycles. The van der Waals surface area contributed by atoms with Crippen molar-refractivity contribution in [1.82, 2.24) is 0 Å². The smallest absolute Gasteiger partial charge is 0.343 e. The second-order valence-corrected chi connectivity index (χ2v) is 6.09. The van der Waals surface area contributed by atoms with Gasteiger partial charge in [0.15, 0.2) is 6.61 Å². The van der Waals surface area contributed by atoms with Crippen LogP contribution in [-0.4, -0.2) is 24.2 Å². The van der Waals surface area contributed by atoms with Crippen LogP contribution in [0.15, 0.2) is 47.4 Å². The van der Waals surface area contributed by atoms with Crippen molar-refractivity contribution in [3.05, 3.63) is 58.9 Å². The van der Waals surface area contributed by atoms with Gasteiger partial charge in [-0.25, -0.2) is 9.18 Å². The molecule has 0 aromatic heterocycles. The van der Waals surface area contributed by atoms with Crippen LogP contribution in [0.25, 0.3) is 0 Å². The van der Waals surface area contributed by atoms with E-state index in [4.69, 9.17) is 16.3 Å². The summed E-state index contributed by atoms with van der Waals surface area (Å²) in [7, 11) is 0. The highest BCUT2D eigenvalue weighted by molar-refractivity contribution is 7.99. The van der Waals surface area contributed by atoms with E-state index in [0.29, 0.717) is 22.3 Å². The Bertz CT molecular complexity index is 751. The summed E-state index contributed by atoms with van der Waals surface area (Å²) >= 11 is 6.10. The summed E-state index contributed by atoms with van der Waals surface area (Å²) in [6.07, 6.45) is 0. The van der Waals surface area contributed by atoms with Gasteiger partial charge in [0.25, 0.3) is 11.7 Å². The van der Waals surface area contributed by atoms with Gasteiger partial charge in [0.1, 0.15) is 11.4 Å². The Labute approximate surface area is 150 Å². The molecule has 0 saturated carbocycles. The number of alkyl halides is 2. The first-order chi connectivity index (χ1) is 11.9. The van der Waals surface area contributed by atoms with E-state index in [-0.39, 0.29) is 5.02 Å². The normalized spacial score (nSPS) is 10.6. The van der Waals surface area contributed by atoms with Crippen LogP contribution < -0.4 is 5.32 Å². The highest BCUT2D eigenvalue weighted by atomic mass is 35.5. The molecule has 0 fully saturated rings. The van der Waals surface area contributed by atoms with Gasteiger partial charge in [-0.3, -0.25) is 4.79 Å². The Morgan fingerprint density at radius 3 is 2.44 bits per heavy atom. The zero-order valence-electron chi connectivity index (χ0n) is 12.5. The molecule has 132 valence electrons. The number of thioether (sulfide) groups is 1. The first-order valence-electron chi connectivity index (χ1n) is 6.82. The van der Waals surface area contributed by atoms with Crippen molar-refractivity contribution in [1.29, 1.82) is 0 Å². The largest absolute Gasteiger partial charge is 0.452 e. The molecule has 0 unspecified atom stereocenters. The van der Waals surface area contributed by atoms with Crippen LogP contribution in [0.3, 0.4) is 0 Å². The van der Waals surface area contributed by atoms with Crippen molar-refractivity contribution in [3.63, 3.8) is 0 Å². The summed E-state index contributed by atoms with van der Waals surface area (Å²) in [6.45, 7) is -0.656. The van der Waals surface area contributed by atoms with Crippen LogP contribution in [0, 0.1) is 5.82 Å². The summed E-state index contributed by atoms with van der Waals surface area (Å²) < 4.78 is 42.7. The molecule has 0 aliphatic heterocycles. The van der Waals surface area contributed by atoms with E-state index in [1.807, 2.05) is 0 Å². The molecule has 4 nitrogen and oxygen atoms in total. The van der Waals surface area contributed by atoms with E-state index in [0.717, 1.165) is 6.07 Å². The van der Waals surface area contributed by atoms with E-state index in [1.54, 1.807) is 0 Å². The Hall–Kier alpha value is -2.19. The van der Waals surface area contributed by atoms with E-state index in [1.165, 1.54) is 36.4 Å². The van der Waals surface area contributed by atoms with Crippen LogP contribution in [0.5, 0.6) is 0 Å². The Kier molecular flexibility index (Phi) is 6.72. The van der Waals surface area contributed by atoms with Crippen molar-refractivity contribution in [2.75, 3.05) is 11.9 Å². The molecule has 1 amide bonds. The maximum atomic E-state index is 13.6. The molecule has 0 spiro atoms. The van der Waals surface area contributed by atoms with E-state index in [2.05, 4.69) is 5.32 Å². The molecule has 1 N–H and O–H groups in total. The fourth-order valence-corrected chi connectivity index (χ4v) is 2.55. The third-order valence-corrected chi connectivity index (χ3v) is 3.90. The van der Waals surface area contributed by atoms with Gasteiger partial charge < -0.3 is 10.1 Å². The summed E-state index contributed by atoms with van der Waals surface area (Å²) in [5.41, 5.74) is -0.117. The van der Waals surface area contributed by atoms with Crippen LogP contribution in [-0.2, 0) is 9.53 Å². The minimum Gasteiger partial charge on any atom is -0.452 e. The van der Waals surface area contributed by atoms with E-state index < -0.39 is 35.6 Å². The predicted octanol–water partition coefficient (Wildman–Crippen LogP) is 4.59. The molecule has 2 aromatic carbocycles. The maximum absolute atomic E-state index is 13.6. The number of esters is 1. The molecular formula is C16H11ClF3NO3S. The molecule has 9 heteroatoms. The molecule has 0 aliphatic rings. The molecular weight excluding hydrogens is 379 g/mol. The van der Waals surface area contributed by atoms with Gasteiger partial charge >= 0.3 is 5.97 Å². The fourth-order valence-electron chi connectivity index (χ4n) is 1.81. The van der Waals surface area contributed by atoms with E-state index >= 15 is 0 Å². The highest BCUT2D eigenvalue weighted by Gasteiger charge is 2.18. The van der Waals surface area contributed by atoms with Crippen LogP contribution in [0.2, 0.25) is 5.02 Å². The number of halogens is 4. The van der Waals surface area contributed by atoms with Gasteiger partial charge in [0, 0.05) is 10.6 Å². The van der Waals surface area contributed by atoms with Crippen molar-refractivity contribution in [2.24, 2.45) is 0 Å². The zero-order valence-corrected chi connectivity index (χ0v) is 14.0. The number of hydrogen-bond acceptors (Lipinski definition) is 4. The summed E-state index contributed by atoms with van der Waals surface area (Å²) in [4.78, 5) is 23.9. The number of anilines is 1. The average Bonchev–Trinajstić information content (AvgIpc) is 2.54. The molecule has 0 radical (unpaired) electrons. The van der Waals surface area contributed by atoms with Gasteiger partial charge in [-0.15, -0.1) is 0 Å². The Morgan fingerprint density at radius 1 is 1.16 bits per heavy atom. The van der Waals surface area contributed by atoms with Crippen LogP contribution in [0.1, 0.15) is 10.4 Å². The monoisotopic (exact) mass is 389 g/mol. The standard InChI is InChI=1S/C16H11ClF3NO3S/c17-11-2-1-3-12(18)14(11)15(23)24-8-13(22)21-9-4-6-10(7-5-9)25-16(19)20/h1-7,16H,8H2,(H,21,22). The number of carbonyl (C=O) groups excluding carboxylic acids is 2. The highest BCUT2D eigenvalue weighted by Crippen LogP contribution is 2.26. The minimum absolute atomic E-state index is 0.127. The lowest BCUT2D eigenvalue weighted by atomic mass is 10.2. The second kappa shape index (κ2) is 8.77. The number of rotatable bonds is 6. The third kappa shape index (κ3) is 5.68. The SMILES string of the molecule is O=C(COC(=O)c1c(F)cccc1Cl)Nc1ccc(SC(F)F)cc1. The van der Waals surface area contributed by atoms with E-state index in [9.17, 15) is 22.8 Å².